The molecule has 4 rings (SSSR count). The van der Waals surface area contributed by atoms with Crippen LogP contribution in [0.2, 0.25) is 0 Å². The second-order valence-electron chi connectivity index (χ2n) is 5.96. The normalized spacial score (nSPS) is 25.4. The van der Waals surface area contributed by atoms with Crippen LogP contribution in [-0.4, -0.2) is 23.1 Å². The summed E-state index contributed by atoms with van der Waals surface area (Å²) in [6, 6.07) is 10.6. The van der Waals surface area contributed by atoms with Gasteiger partial charge in [-0.05, 0) is 24.3 Å². The summed E-state index contributed by atoms with van der Waals surface area (Å²) in [7, 11) is 0. The van der Waals surface area contributed by atoms with Crippen molar-refractivity contribution in [2.75, 3.05) is 13.1 Å². The molecule has 0 amide bonds. The average molecular weight is 270 g/mol. The minimum absolute atomic E-state index is 0.0278. The van der Waals surface area contributed by atoms with Gasteiger partial charge in [0.15, 0.2) is 0 Å². The minimum atomic E-state index is -0.0278. The minimum Gasteiger partial charge on any atom is -0.383 e. The zero-order valence-electron chi connectivity index (χ0n) is 11.3. The van der Waals surface area contributed by atoms with Crippen LogP contribution in [0.4, 0.5) is 0 Å². The van der Waals surface area contributed by atoms with E-state index in [9.17, 15) is 4.79 Å². The molecule has 0 bridgehead atoms. The average Bonchev–Trinajstić information content (AvgIpc) is 3.03. The Morgan fingerprint density at radius 3 is 2.95 bits per heavy atom. The highest BCUT2D eigenvalue weighted by molar-refractivity contribution is 5.25. The highest BCUT2D eigenvalue weighted by Gasteiger charge is 2.40. The van der Waals surface area contributed by atoms with Crippen LogP contribution >= 0.6 is 0 Å². The number of rotatable bonds is 2. The molecule has 4 nitrogen and oxygen atoms in total. The summed E-state index contributed by atoms with van der Waals surface area (Å²) in [6.07, 6.45) is 1.97. The summed E-state index contributed by atoms with van der Waals surface area (Å²) in [6.45, 7) is 3.08. The molecule has 104 valence electrons. The summed E-state index contributed by atoms with van der Waals surface area (Å²) in [5.41, 5.74) is 2.20. The molecule has 20 heavy (non-hydrogen) atoms. The molecule has 1 aromatic heterocycles. The van der Waals surface area contributed by atoms with Gasteiger partial charge in [0.2, 0.25) is 0 Å². The molecule has 1 aromatic carbocycles. The van der Waals surface area contributed by atoms with Gasteiger partial charge in [-0.1, -0.05) is 30.3 Å². The first kappa shape index (κ1) is 12.0. The number of nitrogens with one attached hydrogen (secondary N) is 1. The zero-order chi connectivity index (χ0) is 13.5. The molecule has 1 saturated heterocycles. The van der Waals surface area contributed by atoms with E-state index >= 15 is 0 Å². The highest BCUT2D eigenvalue weighted by atomic mass is 16.5. The fraction of sp³-hybridized carbons (Fsp3) is 0.438. The van der Waals surface area contributed by atoms with Gasteiger partial charge in [-0.15, -0.1) is 0 Å². The Morgan fingerprint density at radius 2 is 2.10 bits per heavy atom. The molecule has 0 saturated carbocycles. The monoisotopic (exact) mass is 270 g/mol. The van der Waals surface area contributed by atoms with Crippen LogP contribution in [0.25, 0.3) is 0 Å². The lowest BCUT2D eigenvalue weighted by Gasteiger charge is -2.21. The second-order valence-corrected chi connectivity index (χ2v) is 5.96. The van der Waals surface area contributed by atoms with E-state index in [1.54, 1.807) is 0 Å². The number of likely N-dealkylation sites (tertiary alicyclic amines) is 1. The van der Waals surface area contributed by atoms with Gasteiger partial charge in [0, 0.05) is 25.6 Å². The van der Waals surface area contributed by atoms with E-state index in [2.05, 4.69) is 34.3 Å². The predicted molar refractivity (Wildman–Crippen MR) is 75.6 cm³/mol. The quantitative estimate of drug-likeness (QED) is 0.909. The maximum Gasteiger partial charge on any atom is 0.283 e. The molecule has 2 aromatic rings. The van der Waals surface area contributed by atoms with Gasteiger partial charge in [0.1, 0.15) is 5.76 Å². The van der Waals surface area contributed by atoms with Crippen LogP contribution in [0.15, 0.2) is 39.6 Å². The first-order valence-electron chi connectivity index (χ1n) is 7.28. The van der Waals surface area contributed by atoms with Crippen molar-refractivity contribution >= 4 is 0 Å². The molecule has 1 aliphatic heterocycles. The molecule has 1 N–H and O–H groups in total. The Kier molecular flexibility index (Phi) is 2.77. The number of benzene rings is 1. The number of hydrogen-bond donors (Lipinski definition) is 1. The van der Waals surface area contributed by atoms with E-state index in [0.29, 0.717) is 11.8 Å². The third-order valence-electron chi connectivity index (χ3n) is 4.69. The molecular weight excluding hydrogens is 252 g/mol. The van der Waals surface area contributed by atoms with Crippen LogP contribution in [-0.2, 0) is 13.0 Å². The molecule has 1 fully saturated rings. The molecule has 1 aliphatic carbocycles. The summed E-state index contributed by atoms with van der Waals surface area (Å²) < 4.78 is 5.44. The zero-order valence-corrected chi connectivity index (χ0v) is 11.3. The number of aromatic amines is 1. The van der Waals surface area contributed by atoms with Crippen molar-refractivity contribution in [1.29, 1.82) is 0 Å². The van der Waals surface area contributed by atoms with E-state index in [-0.39, 0.29) is 5.56 Å². The van der Waals surface area contributed by atoms with Crippen LogP contribution in [0.1, 0.15) is 29.2 Å². The number of fused-ring (bicyclic) bond motifs is 3. The lowest BCUT2D eigenvalue weighted by atomic mass is 9.81. The van der Waals surface area contributed by atoms with E-state index < -0.39 is 0 Å². The number of hydrogen-bond acceptors (Lipinski definition) is 3. The van der Waals surface area contributed by atoms with E-state index in [1.807, 2.05) is 6.07 Å². The fourth-order valence-corrected chi connectivity index (χ4v) is 3.72. The van der Waals surface area contributed by atoms with Crippen molar-refractivity contribution in [2.45, 2.75) is 25.3 Å². The molecule has 2 heterocycles. The first-order chi connectivity index (χ1) is 9.81. The van der Waals surface area contributed by atoms with Crippen molar-refractivity contribution < 1.29 is 4.52 Å². The summed E-state index contributed by atoms with van der Waals surface area (Å²) >= 11 is 0. The third-order valence-corrected chi connectivity index (χ3v) is 4.69. The van der Waals surface area contributed by atoms with E-state index in [1.165, 1.54) is 5.56 Å². The van der Waals surface area contributed by atoms with Gasteiger partial charge in [-0.3, -0.25) is 9.69 Å². The Hall–Kier alpha value is -1.81. The van der Waals surface area contributed by atoms with Gasteiger partial charge < -0.3 is 4.52 Å². The Balaban J connectivity index is 1.55. The predicted octanol–water partition coefficient (Wildman–Crippen LogP) is 2.13. The number of H-pyrrole nitrogens is 1. The van der Waals surface area contributed by atoms with E-state index in [4.69, 9.17) is 4.52 Å². The Labute approximate surface area is 117 Å². The van der Waals surface area contributed by atoms with Crippen LogP contribution in [0.3, 0.4) is 0 Å². The summed E-state index contributed by atoms with van der Waals surface area (Å²) in [5.74, 6) is 1.94. The maximum atomic E-state index is 11.7. The molecule has 0 radical (unpaired) electrons. The van der Waals surface area contributed by atoms with Crippen molar-refractivity contribution in [3.63, 3.8) is 0 Å². The van der Waals surface area contributed by atoms with Crippen molar-refractivity contribution in [3.8, 4) is 0 Å². The highest BCUT2D eigenvalue weighted by Crippen LogP contribution is 2.40. The molecular formula is C16H18N2O2. The van der Waals surface area contributed by atoms with Crippen molar-refractivity contribution in [2.24, 2.45) is 5.92 Å². The van der Waals surface area contributed by atoms with Gasteiger partial charge >= 0.3 is 0 Å². The molecule has 2 atom stereocenters. The van der Waals surface area contributed by atoms with E-state index in [0.717, 1.165) is 43.8 Å². The Bertz CT molecular complexity index is 659. The largest absolute Gasteiger partial charge is 0.383 e. The van der Waals surface area contributed by atoms with Crippen LogP contribution < -0.4 is 5.56 Å². The topological polar surface area (TPSA) is 49.2 Å². The van der Waals surface area contributed by atoms with Gasteiger partial charge in [0.05, 0.1) is 5.56 Å². The Morgan fingerprint density at radius 1 is 1.25 bits per heavy atom. The third kappa shape index (κ3) is 1.91. The second kappa shape index (κ2) is 4.63. The smallest absolute Gasteiger partial charge is 0.283 e. The van der Waals surface area contributed by atoms with Gasteiger partial charge in [0.25, 0.3) is 5.56 Å². The summed E-state index contributed by atoms with van der Waals surface area (Å²) in [5, 5.41) is 2.51. The first-order valence-corrected chi connectivity index (χ1v) is 7.28. The van der Waals surface area contributed by atoms with Gasteiger partial charge in [-0.25, -0.2) is 0 Å². The maximum absolute atomic E-state index is 11.7. The number of nitrogens with zero attached hydrogens (tertiary/aromatic N) is 1. The van der Waals surface area contributed by atoms with Crippen LogP contribution in [0.5, 0.6) is 0 Å². The molecule has 0 unspecified atom stereocenters. The standard InChI is InChI=1S/C16H18N2O2/c19-16-13-7-6-12-9-18(8-11-4-2-1-3-5-11)10-14(12)15(13)20-17-16/h1-5,12,14H,6-10H2,(H,17,19)/t12-,14+/m1/s1. The summed E-state index contributed by atoms with van der Waals surface area (Å²) in [4.78, 5) is 14.1. The lowest BCUT2D eigenvalue weighted by molar-refractivity contribution is 0.311. The number of aromatic nitrogens is 1. The lowest BCUT2D eigenvalue weighted by Crippen LogP contribution is -2.21. The van der Waals surface area contributed by atoms with Crippen LogP contribution in [0, 0.1) is 5.92 Å². The van der Waals surface area contributed by atoms with Gasteiger partial charge in [-0.2, -0.15) is 5.16 Å². The molecule has 0 spiro atoms. The SMILES string of the molecule is O=c1[nH]oc2c1CC[C@@H]1CN(Cc3ccccc3)C[C@H]21. The molecule has 2 aliphatic rings. The van der Waals surface area contributed by atoms with Crippen molar-refractivity contribution in [1.82, 2.24) is 10.1 Å². The fourth-order valence-electron chi connectivity index (χ4n) is 3.72. The van der Waals surface area contributed by atoms with Crippen molar-refractivity contribution in [3.05, 3.63) is 57.6 Å². The molecule has 4 heteroatoms.